The number of hydrogen-bond acceptors (Lipinski definition) is 4. The largest absolute Gasteiger partial charge is 0.469 e. The first-order valence-electron chi connectivity index (χ1n) is 6.08. The smallest absolute Gasteiger partial charge is 0.305 e. The van der Waals surface area contributed by atoms with Crippen LogP contribution in [0.5, 0.6) is 0 Å². The number of carbonyl (C=O) groups excluding carboxylic acids is 2. The Labute approximate surface area is 102 Å². The van der Waals surface area contributed by atoms with Gasteiger partial charge in [0, 0.05) is 26.6 Å². The van der Waals surface area contributed by atoms with Crippen molar-refractivity contribution in [1.29, 1.82) is 0 Å². The summed E-state index contributed by atoms with van der Waals surface area (Å²) in [5, 5.41) is 3.22. The zero-order valence-electron chi connectivity index (χ0n) is 10.9. The van der Waals surface area contributed by atoms with Crippen molar-refractivity contribution in [2.75, 3.05) is 33.8 Å². The van der Waals surface area contributed by atoms with Crippen molar-refractivity contribution in [3.8, 4) is 0 Å². The van der Waals surface area contributed by atoms with Crippen LogP contribution in [0.3, 0.4) is 0 Å². The molecule has 0 saturated carbocycles. The second kappa shape index (κ2) is 6.59. The van der Waals surface area contributed by atoms with E-state index in [0.29, 0.717) is 25.3 Å². The Kier molecular flexibility index (Phi) is 5.41. The first kappa shape index (κ1) is 14.0. The predicted octanol–water partition coefficient (Wildman–Crippen LogP) is 0.254. The van der Waals surface area contributed by atoms with E-state index in [9.17, 15) is 9.59 Å². The molecule has 1 aliphatic rings. The SMILES string of the molecule is COC(=O)CCCN(C)C(=O)[C@@H]1CNC[C@H]1C. The fourth-order valence-electron chi connectivity index (χ4n) is 2.10. The maximum atomic E-state index is 12.1. The van der Waals surface area contributed by atoms with Crippen molar-refractivity contribution in [1.82, 2.24) is 10.2 Å². The number of amides is 1. The van der Waals surface area contributed by atoms with Crippen molar-refractivity contribution >= 4 is 11.9 Å². The van der Waals surface area contributed by atoms with Crippen molar-refractivity contribution in [2.24, 2.45) is 11.8 Å². The summed E-state index contributed by atoms with van der Waals surface area (Å²) in [6.07, 6.45) is 1.02. The van der Waals surface area contributed by atoms with Crippen molar-refractivity contribution in [3.05, 3.63) is 0 Å². The summed E-state index contributed by atoms with van der Waals surface area (Å²) in [6, 6.07) is 0. The van der Waals surface area contributed by atoms with Gasteiger partial charge in [0.1, 0.15) is 0 Å². The van der Waals surface area contributed by atoms with Gasteiger partial charge in [0.15, 0.2) is 0 Å². The maximum absolute atomic E-state index is 12.1. The van der Waals surface area contributed by atoms with E-state index in [1.165, 1.54) is 7.11 Å². The van der Waals surface area contributed by atoms with Crippen molar-refractivity contribution in [2.45, 2.75) is 19.8 Å². The normalized spacial score (nSPS) is 23.5. The highest BCUT2D eigenvalue weighted by Crippen LogP contribution is 2.18. The van der Waals surface area contributed by atoms with Crippen LogP contribution in [-0.4, -0.2) is 50.6 Å². The highest BCUT2D eigenvalue weighted by atomic mass is 16.5. The van der Waals surface area contributed by atoms with Gasteiger partial charge < -0.3 is 15.0 Å². The topological polar surface area (TPSA) is 58.6 Å². The Hall–Kier alpha value is -1.10. The lowest BCUT2D eigenvalue weighted by Crippen LogP contribution is -2.36. The minimum atomic E-state index is -0.221. The first-order valence-corrected chi connectivity index (χ1v) is 6.08. The summed E-state index contributed by atoms with van der Waals surface area (Å²) in [7, 11) is 3.17. The summed E-state index contributed by atoms with van der Waals surface area (Å²) >= 11 is 0. The van der Waals surface area contributed by atoms with Crippen LogP contribution in [0.1, 0.15) is 19.8 Å². The number of methoxy groups -OCH3 is 1. The highest BCUT2D eigenvalue weighted by Gasteiger charge is 2.31. The van der Waals surface area contributed by atoms with Gasteiger partial charge in [-0.3, -0.25) is 9.59 Å². The molecule has 1 aliphatic heterocycles. The summed E-state index contributed by atoms with van der Waals surface area (Å²) in [5.41, 5.74) is 0. The van der Waals surface area contributed by atoms with E-state index in [0.717, 1.165) is 13.1 Å². The van der Waals surface area contributed by atoms with Crippen molar-refractivity contribution in [3.63, 3.8) is 0 Å². The number of carbonyl (C=O) groups is 2. The molecule has 0 unspecified atom stereocenters. The zero-order valence-corrected chi connectivity index (χ0v) is 10.9. The minimum Gasteiger partial charge on any atom is -0.469 e. The fraction of sp³-hybridized carbons (Fsp3) is 0.833. The van der Waals surface area contributed by atoms with E-state index in [1.54, 1.807) is 11.9 Å². The van der Waals surface area contributed by atoms with E-state index in [-0.39, 0.29) is 17.8 Å². The third-order valence-corrected chi connectivity index (χ3v) is 3.31. The monoisotopic (exact) mass is 242 g/mol. The molecule has 1 N–H and O–H groups in total. The second-order valence-corrected chi connectivity index (χ2v) is 4.68. The molecule has 1 rings (SSSR count). The molecule has 1 amide bonds. The average molecular weight is 242 g/mol. The number of nitrogens with zero attached hydrogens (tertiary/aromatic N) is 1. The van der Waals surface area contributed by atoms with Gasteiger partial charge in [-0.25, -0.2) is 0 Å². The molecule has 0 aliphatic carbocycles. The molecule has 0 aromatic heterocycles. The van der Waals surface area contributed by atoms with Crippen molar-refractivity contribution < 1.29 is 14.3 Å². The van der Waals surface area contributed by atoms with Gasteiger partial charge in [-0.1, -0.05) is 6.92 Å². The number of esters is 1. The number of nitrogens with one attached hydrogen (secondary N) is 1. The summed E-state index contributed by atoms with van der Waals surface area (Å²) in [6.45, 7) is 4.37. The van der Waals surface area contributed by atoms with Gasteiger partial charge in [0.25, 0.3) is 0 Å². The fourth-order valence-corrected chi connectivity index (χ4v) is 2.10. The van der Waals surface area contributed by atoms with Gasteiger partial charge >= 0.3 is 5.97 Å². The molecule has 1 heterocycles. The third-order valence-electron chi connectivity index (χ3n) is 3.31. The number of ether oxygens (including phenoxy) is 1. The van der Waals surface area contributed by atoms with Crippen LogP contribution < -0.4 is 5.32 Å². The number of rotatable bonds is 5. The second-order valence-electron chi connectivity index (χ2n) is 4.68. The van der Waals surface area contributed by atoms with E-state index in [1.807, 2.05) is 0 Å². The molecule has 0 aromatic rings. The third kappa shape index (κ3) is 4.00. The summed E-state index contributed by atoms with van der Waals surface area (Å²) in [5.74, 6) is 0.429. The van der Waals surface area contributed by atoms with Gasteiger partial charge in [0.2, 0.25) is 5.91 Å². The molecule has 5 heteroatoms. The van der Waals surface area contributed by atoms with E-state index in [2.05, 4.69) is 17.0 Å². The van der Waals surface area contributed by atoms with Crippen LogP contribution in [0, 0.1) is 11.8 Å². The quantitative estimate of drug-likeness (QED) is 0.702. The van der Waals surface area contributed by atoms with Crippen LogP contribution in [0.4, 0.5) is 0 Å². The minimum absolute atomic E-state index is 0.0816. The maximum Gasteiger partial charge on any atom is 0.305 e. The zero-order chi connectivity index (χ0) is 12.8. The van der Waals surface area contributed by atoms with Gasteiger partial charge in [-0.2, -0.15) is 0 Å². The summed E-state index contributed by atoms with van der Waals surface area (Å²) in [4.78, 5) is 24.7. The molecule has 98 valence electrons. The molecule has 1 saturated heterocycles. The van der Waals surface area contributed by atoms with E-state index >= 15 is 0 Å². The van der Waals surface area contributed by atoms with Gasteiger partial charge in [0.05, 0.1) is 13.0 Å². The first-order chi connectivity index (χ1) is 8.06. The molecule has 0 aromatic carbocycles. The molecule has 17 heavy (non-hydrogen) atoms. The number of hydrogen-bond donors (Lipinski definition) is 1. The Morgan fingerprint density at radius 2 is 2.12 bits per heavy atom. The van der Waals surface area contributed by atoms with Crippen LogP contribution in [0.2, 0.25) is 0 Å². The Bertz CT molecular complexity index is 281. The van der Waals surface area contributed by atoms with Crippen LogP contribution >= 0.6 is 0 Å². The molecule has 0 radical (unpaired) electrons. The van der Waals surface area contributed by atoms with Gasteiger partial charge in [-0.05, 0) is 18.9 Å². The van der Waals surface area contributed by atoms with Crippen LogP contribution in [0.25, 0.3) is 0 Å². The Balaban J connectivity index is 2.29. The molecule has 2 atom stereocenters. The molecule has 5 nitrogen and oxygen atoms in total. The Morgan fingerprint density at radius 3 is 2.65 bits per heavy atom. The standard InChI is InChI=1S/C12H22N2O3/c1-9-7-13-8-10(9)12(16)14(2)6-4-5-11(15)17-3/h9-10,13H,4-8H2,1-3H3/t9-,10-/m1/s1. The molecular formula is C12H22N2O3. The van der Waals surface area contributed by atoms with Crippen LogP contribution in [-0.2, 0) is 14.3 Å². The molecule has 0 bridgehead atoms. The molecule has 0 spiro atoms. The van der Waals surface area contributed by atoms with Crippen LogP contribution in [0.15, 0.2) is 0 Å². The highest BCUT2D eigenvalue weighted by molar-refractivity contribution is 5.79. The lowest BCUT2D eigenvalue weighted by molar-refractivity contribution is -0.141. The molecular weight excluding hydrogens is 220 g/mol. The lowest BCUT2D eigenvalue weighted by Gasteiger charge is -2.22. The summed E-state index contributed by atoms with van der Waals surface area (Å²) < 4.78 is 4.56. The van der Waals surface area contributed by atoms with E-state index < -0.39 is 0 Å². The lowest BCUT2D eigenvalue weighted by atomic mass is 9.97. The average Bonchev–Trinajstić information content (AvgIpc) is 2.74. The predicted molar refractivity (Wildman–Crippen MR) is 64.4 cm³/mol. The van der Waals surface area contributed by atoms with Gasteiger partial charge in [-0.15, -0.1) is 0 Å². The van der Waals surface area contributed by atoms with E-state index in [4.69, 9.17) is 0 Å². The molecule has 1 fully saturated rings. The Morgan fingerprint density at radius 1 is 1.41 bits per heavy atom.